The van der Waals surface area contributed by atoms with Crippen LogP contribution >= 0.6 is 11.6 Å². The Morgan fingerprint density at radius 2 is 1.79 bits per heavy atom. The van der Waals surface area contributed by atoms with Crippen molar-refractivity contribution in [3.05, 3.63) is 75.3 Å². The molecule has 6 nitrogen and oxygen atoms in total. The van der Waals surface area contributed by atoms with Gasteiger partial charge in [0.2, 0.25) is 0 Å². The van der Waals surface area contributed by atoms with Crippen molar-refractivity contribution >= 4 is 28.4 Å². The molecule has 2 aromatic carbocycles. The highest BCUT2D eigenvalue weighted by Crippen LogP contribution is 2.39. The van der Waals surface area contributed by atoms with Crippen molar-refractivity contribution in [1.82, 2.24) is 15.3 Å². The van der Waals surface area contributed by atoms with Crippen molar-refractivity contribution in [1.29, 1.82) is 0 Å². The number of hydrogen-bond donors (Lipinski definition) is 3. The molecule has 0 spiro atoms. The van der Waals surface area contributed by atoms with Gasteiger partial charge in [-0.25, -0.2) is 4.98 Å². The van der Waals surface area contributed by atoms with Crippen LogP contribution < -0.4 is 10.9 Å². The Balaban J connectivity index is 1.89. The molecule has 0 radical (unpaired) electrons. The fraction of sp³-hybridized carbons (Fsp3) is 0.167. The van der Waals surface area contributed by atoms with Crippen molar-refractivity contribution in [2.45, 2.75) is 18.3 Å². The Morgan fingerprint density at radius 3 is 2.43 bits per heavy atom. The fourth-order valence-electron chi connectivity index (χ4n) is 2.63. The molecule has 0 bridgehead atoms. The van der Waals surface area contributed by atoms with Gasteiger partial charge in [0.05, 0.1) is 17.4 Å². The van der Waals surface area contributed by atoms with Gasteiger partial charge in [-0.05, 0) is 24.3 Å². The van der Waals surface area contributed by atoms with Gasteiger partial charge in [-0.15, -0.1) is 0 Å². The minimum Gasteiger partial charge on any atom is -0.369 e. The van der Waals surface area contributed by atoms with Gasteiger partial charge in [0.25, 0.3) is 17.1 Å². The Morgan fingerprint density at radius 1 is 1.14 bits per heavy atom. The number of hydrogen-bond acceptors (Lipinski definition) is 4. The number of aromatic amines is 1. The van der Waals surface area contributed by atoms with Crippen molar-refractivity contribution in [3.8, 4) is 0 Å². The lowest BCUT2D eigenvalue weighted by molar-refractivity contribution is -0.257. The van der Waals surface area contributed by atoms with Gasteiger partial charge in [0.1, 0.15) is 5.82 Å². The predicted octanol–water partition coefficient (Wildman–Crippen LogP) is 2.64. The summed E-state index contributed by atoms with van der Waals surface area (Å²) in [5, 5.41) is 12.6. The second-order valence-corrected chi connectivity index (χ2v) is 6.36. The summed E-state index contributed by atoms with van der Waals surface area (Å²) in [7, 11) is 0. The average Bonchev–Trinajstić information content (AvgIpc) is 2.65. The van der Waals surface area contributed by atoms with E-state index in [0.29, 0.717) is 10.9 Å². The number of amides is 1. The van der Waals surface area contributed by atoms with Gasteiger partial charge in [-0.3, -0.25) is 9.59 Å². The summed E-state index contributed by atoms with van der Waals surface area (Å²) in [5.41, 5.74) is -4.67. The second-order valence-electron chi connectivity index (χ2n) is 5.93. The molecule has 0 unspecified atom stereocenters. The molecule has 1 heterocycles. The number of fused-ring (bicyclic) bond motifs is 1. The Hall–Kier alpha value is -2.91. The topological polar surface area (TPSA) is 95.1 Å². The lowest BCUT2D eigenvalue weighted by atomic mass is 9.92. The van der Waals surface area contributed by atoms with Crippen LogP contribution in [0.15, 0.2) is 53.3 Å². The lowest BCUT2D eigenvalue weighted by Crippen LogP contribution is -2.54. The summed E-state index contributed by atoms with van der Waals surface area (Å²) in [6, 6.07) is 10.4. The molecule has 0 aliphatic carbocycles. The minimum absolute atomic E-state index is 0.0577. The van der Waals surface area contributed by atoms with Crippen LogP contribution in [0.25, 0.3) is 10.9 Å². The van der Waals surface area contributed by atoms with Crippen LogP contribution in [0.5, 0.6) is 0 Å². The molecule has 0 saturated carbocycles. The van der Waals surface area contributed by atoms with Crippen LogP contribution in [-0.4, -0.2) is 27.2 Å². The number of benzene rings is 2. The molecule has 3 aromatic rings. The summed E-state index contributed by atoms with van der Waals surface area (Å²) >= 11 is 5.65. The number of para-hydroxylation sites is 1. The summed E-state index contributed by atoms with van der Waals surface area (Å²) in [4.78, 5) is 30.8. The van der Waals surface area contributed by atoms with Crippen LogP contribution in [0.3, 0.4) is 0 Å². The number of nitrogens with one attached hydrogen (secondary N) is 2. The number of nitrogens with zero attached hydrogens (tertiary/aromatic N) is 1. The highest BCUT2D eigenvalue weighted by Gasteiger charge is 2.60. The normalized spacial score (nSPS) is 13.9. The number of alkyl halides is 3. The molecule has 0 aliphatic heterocycles. The maximum atomic E-state index is 13.5. The smallest absolute Gasteiger partial charge is 0.369 e. The molecule has 28 heavy (non-hydrogen) atoms. The maximum absolute atomic E-state index is 13.5. The van der Waals surface area contributed by atoms with Gasteiger partial charge in [-0.1, -0.05) is 35.9 Å². The van der Waals surface area contributed by atoms with Gasteiger partial charge in [0, 0.05) is 10.6 Å². The zero-order chi connectivity index (χ0) is 20.5. The van der Waals surface area contributed by atoms with Gasteiger partial charge < -0.3 is 15.4 Å². The van der Waals surface area contributed by atoms with E-state index < -0.39 is 35.4 Å². The first-order valence-electron chi connectivity index (χ1n) is 7.94. The molecule has 1 atom stereocenters. The molecule has 0 saturated heterocycles. The van der Waals surface area contributed by atoms with E-state index in [9.17, 15) is 27.9 Å². The minimum atomic E-state index is -5.30. The van der Waals surface area contributed by atoms with E-state index in [1.54, 1.807) is 18.2 Å². The summed E-state index contributed by atoms with van der Waals surface area (Å²) < 4.78 is 40.6. The molecule has 3 N–H and O–H groups in total. The lowest BCUT2D eigenvalue weighted by Gasteiger charge is -2.29. The van der Waals surface area contributed by atoms with Crippen LogP contribution in [0.1, 0.15) is 11.4 Å². The molecular formula is C18H13ClF3N3O3. The van der Waals surface area contributed by atoms with Crippen molar-refractivity contribution in [2.75, 3.05) is 0 Å². The molecule has 0 fully saturated rings. The number of carbonyl (C=O) groups excluding carboxylic acids is 1. The Labute approximate surface area is 161 Å². The van der Waals surface area contributed by atoms with E-state index in [1.807, 2.05) is 5.32 Å². The predicted molar refractivity (Wildman–Crippen MR) is 95.6 cm³/mol. The van der Waals surface area contributed by atoms with E-state index >= 15 is 0 Å². The monoisotopic (exact) mass is 411 g/mol. The average molecular weight is 412 g/mol. The molecule has 0 aliphatic rings. The number of aromatic nitrogens is 2. The van der Waals surface area contributed by atoms with Gasteiger partial charge in [0.15, 0.2) is 0 Å². The number of carbonyl (C=O) groups is 1. The van der Waals surface area contributed by atoms with Gasteiger partial charge in [-0.2, -0.15) is 13.2 Å². The Kier molecular flexibility index (Phi) is 5.14. The highest BCUT2D eigenvalue weighted by atomic mass is 35.5. The van der Waals surface area contributed by atoms with Crippen LogP contribution in [0.4, 0.5) is 13.2 Å². The van der Waals surface area contributed by atoms with E-state index in [-0.39, 0.29) is 10.8 Å². The third kappa shape index (κ3) is 3.58. The van der Waals surface area contributed by atoms with Crippen LogP contribution in [-0.2, 0) is 16.9 Å². The molecule has 146 valence electrons. The van der Waals surface area contributed by atoms with E-state index in [1.165, 1.54) is 6.07 Å². The first-order chi connectivity index (χ1) is 13.1. The first kappa shape index (κ1) is 19.8. The van der Waals surface area contributed by atoms with E-state index in [0.717, 1.165) is 24.3 Å². The van der Waals surface area contributed by atoms with E-state index in [4.69, 9.17) is 11.6 Å². The summed E-state index contributed by atoms with van der Waals surface area (Å²) in [6.45, 7) is -0.523. The third-order valence-electron chi connectivity index (χ3n) is 4.08. The second kappa shape index (κ2) is 7.25. The summed E-state index contributed by atoms with van der Waals surface area (Å²) in [5.74, 6) is -1.77. The van der Waals surface area contributed by atoms with Crippen molar-refractivity contribution in [2.24, 2.45) is 0 Å². The van der Waals surface area contributed by atoms with Gasteiger partial charge >= 0.3 is 6.18 Å². The fourth-order valence-corrected chi connectivity index (χ4v) is 2.75. The van der Waals surface area contributed by atoms with E-state index in [2.05, 4.69) is 9.97 Å². The number of aliphatic hydroxyl groups is 1. The van der Waals surface area contributed by atoms with Crippen LogP contribution in [0, 0.1) is 0 Å². The molecule has 1 aromatic heterocycles. The quantitative estimate of drug-likeness (QED) is 0.615. The molecule has 1 amide bonds. The standard InChI is InChI=1S/C18H13ClF3N3O3/c19-11-7-5-10(6-8-11)17(28,18(20,21)22)16(27)23-9-14-24-13-4-2-1-3-12(13)15(26)25-14/h1-8,28H,9H2,(H,23,27)(H,24,25,26)/t17-/m1/s1. The zero-order valence-corrected chi connectivity index (χ0v) is 14.8. The molecule has 10 heteroatoms. The van der Waals surface area contributed by atoms with Crippen molar-refractivity contribution in [3.63, 3.8) is 0 Å². The first-order valence-corrected chi connectivity index (χ1v) is 8.32. The van der Waals surface area contributed by atoms with Crippen molar-refractivity contribution < 1.29 is 23.1 Å². The Bertz CT molecular complexity index is 1080. The largest absolute Gasteiger partial charge is 0.430 e. The third-order valence-corrected chi connectivity index (χ3v) is 4.33. The molecular weight excluding hydrogens is 399 g/mol. The highest BCUT2D eigenvalue weighted by molar-refractivity contribution is 6.30. The SMILES string of the molecule is O=C(NCc1nc2ccccc2c(=O)[nH]1)[C@](O)(c1ccc(Cl)cc1)C(F)(F)F. The number of H-pyrrole nitrogens is 1. The van der Waals surface area contributed by atoms with Crippen LogP contribution in [0.2, 0.25) is 5.02 Å². The zero-order valence-electron chi connectivity index (χ0n) is 14.0. The molecule has 3 rings (SSSR count). The maximum Gasteiger partial charge on any atom is 0.430 e. The summed E-state index contributed by atoms with van der Waals surface area (Å²) in [6.07, 6.45) is -5.30. The number of rotatable bonds is 4. The number of halogens is 4.